The van der Waals surface area contributed by atoms with E-state index in [1.54, 1.807) is 0 Å². The molecule has 0 aliphatic rings. The third-order valence-electron chi connectivity index (χ3n) is 2.79. The first-order chi connectivity index (χ1) is 8.52. The predicted octanol–water partition coefficient (Wildman–Crippen LogP) is 0.684. The highest BCUT2D eigenvalue weighted by molar-refractivity contribution is 5.56. The number of pyridine rings is 1. The van der Waals surface area contributed by atoms with Gasteiger partial charge in [-0.3, -0.25) is 0 Å². The van der Waals surface area contributed by atoms with Gasteiger partial charge in [-0.15, -0.1) is 0 Å². The van der Waals surface area contributed by atoms with Gasteiger partial charge in [0.15, 0.2) is 6.20 Å². The van der Waals surface area contributed by atoms with Crippen LogP contribution in [-0.4, -0.2) is 0 Å². The van der Waals surface area contributed by atoms with Gasteiger partial charge in [-0.1, -0.05) is 0 Å². The third kappa shape index (κ3) is 3.68. The van der Waals surface area contributed by atoms with Gasteiger partial charge in [0.1, 0.15) is 6.54 Å². The van der Waals surface area contributed by atoms with E-state index in [0.29, 0.717) is 0 Å². The normalized spacial score (nSPS) is 10.9. The molecule has 1 aromatic carbocycles. The summed E-state index contributed by atoms with van der Waals surface area (Å²) in [6.45, 7) is 2.77. The van der Waals surface area contributed by atoms with Crippen LogP contribution < -0.4 is 28.5 Å². The van der Waals surface area contributed by atoms with Crippen molar-refractivity contribution in [2.24, 2.45) is 0 Å². The minimum absolute atomic E-state index is 0. The number of nitrogens with zero attached hydrogens (tertiary/aromatic N) is 1. The maximum atomic E-state index is 12.5. The molecular formula is C14H13F3IN. The predicted molar refractivity (Wildman–Crippen MR) is 62.7 cm³/mol. The van der Waals surface area contributed by atoms with E-state index in [-0.39, 0.29) is 24.0 Å². The van der Waals surface area contributed by atoms with E-state index < -0.39 is 11.7 Å². The van der Waals surface area contributed by atoms with E-state index in [1.165, 1.54) is 12.1 Å². The molecule has 1 nitrogen and oxygen atoms in total. The lowest BCUT2D eigenvalue weighted by Crippen LogP contribution is -3.00. The highest BCUT2D eigenvalue weighted by Crippen LogP contribution is 2.30. The van der Waals surface area contributed by atoms with E-state index in [9.17, 15) is 13.2 Å². The summed E-state index contributed by atoms with van der Waals surface area (Å²) in [5.74, 6) is 0. The van der Waals surface area contributed by atoms with Gasteiger partial charge in [-0.2, -0.15) is 17.7 Å². The van der Waals surface area contributed by atoms with Gasteiger partial charge in [-0.25, -0.2) is 0 Å². The van der Waals surface area contributed by atoms with Gasteiger partial charge < -0.3 is 24.0 Å². The molecule has 0 aliphatic heterocycles. The Morgan fingerprint density at radius 1 is 1.00 bits per heavy atom. The minimum Gasteiger partial charge on any atom is -1.00 e. The summed E-state index contributed by atoms with van der Waals surface area (Å²) in [6, 6.07) is 10.9. The number of aryl methyl sites for hydroxylation is 1. The molecule has 2 rings (SSSR count). The first-order valence-corrected chi connectivity index (χ1v) is 5.68. The van der Waals surface area contributed by atoms with Crippen LogP contribution in [0.25, 0.3) is 11.3 Å². The quantitative estimate of drug-likeness (QED) is 0.534. The third-order valence-corrected chi connectivity index (χ3v) is 2.79. The van der Waals surface area contributed by atoms with Gasteiger partial charge in [0.05, 0.1) is 5.56 Å². The van der Waals surface area contributed by atoms with Gasteiger partial charge in [0.25, 0.3) is 0 Å². The Kier molecular flexibility index (Phi) is 5.34. The maximum Gasteiger partial charge on any atom is 0.416 e. The van der Waals surface area contributed by atoms with E-state index >= 15 is 0 Å². The molecule has 0 aliphatic carbocycles. The fraction of sp³-hybridized carbons (Fsp3) is 0.214. The lowest BCUT2D eigenvalue weighted by molar-refractivity contribution is -0.682. The molecular weight excluding hydrogens is 366 g/mol. The molecule has 0 atom stereocenters. The van der Waals surface area contributed by atoms with Crippen LogP contribution in [0.2, 0.25) is 0 Å². The van der Waals surface area contributed by atoms with Crippen LogP contribution in [0.15, 0.2) is 48.7 Å². The molecule has 0 spiro atoms. The molecule has 0 unspecified atom stereocenters. The van der Waals surface area contributed by atoms with Crippen LogP contribution in [0.3, 0.4) is 0 Å². The van der Waals surface area contributed by atoms with Crippen molar-refractivity contribution in [3.63, 3.8) is 0 Å². The summed E-state index contributed by atoms with van der Waals surface area (Å²) < 4.78 is 39.4. The average molecular weight is 379 g/mol. The van der Waals surface area contributed by atoms with Gasteiger partial charge in [0, 0.05) is 17.7 Å². The van der Waals surface area contributed by atoms with Gasteiger partial charge >= 0.3 is 6.18 Å². The van der Waals surface area contributed by atoms with Gasteiger partial charge in [0.2, 0.25) is 5.69 Å². The van der Waals surface area contributed by atoms with E-state index in [2.05, 4.69) is 0 Å². The molecule has 1 aromatic heterocycles. The summed E-state index contributed by atoms with van der Waals surface area (Å²) in [4.78, 5) is 0. The van der Waals surface area contributed by atoms with E-state index in [1.807, 2.05) is 35.9 Å². The number of alkyl halides is 3. The van der Waals surface area contributed by atoms with Crippen molar-refractivity contribution in [2.75, 3.05) is 0 Å². The standard InChI is InChI=1S/C14H13F3N.HI/c1-2-18-10-4-3-5-13(18)11-6-8-12(9-7-11)14(15,16)17;/h3-10H,2H2,1H3;1H/q+1;/p-1. The topological polar surface area (TPSA) is 3.88 Å². The average Bonchev–Trinajstić information content (AvgIpc) is 2.38. The molecule has 5 heteroatoms. The lowest BCUT2D eigenvalue weighted by atomic mass is 10.1. The number of halogens is 4. The fourth-order valence-corrected chi connectivity index (χ4v) is 1.84. The van der Waals surface area contributed by atoms with Crippen LogP contribution in [0.5, 0.6) is 0 Å². The molecule has 0 saturated heterocycles. The Morgan fingerprint density at radius 3 is 2.16 bits per heavy atom. The molecule has 0 fully saturated rings. The Bertz CT molecular complexity index is 535. The second-order valence-corrected chi connectivity index (χ2v) is 3.95. The highest BCUT2D eigenvalue weighted by atomic mass is 127. The summed E-state index contributed by atoms with van der Waals surface area (Å²) in [6.07, 6.45) is -2.37. The smallest absolute Gasteiger partial charge is 0.416 e. The number of hydrogen-bond acceptors (Lipinski definition) is 0. The molecule has 0 saturated carbocycles. The molecule has 19 heavy (non-hydrogen) atoms. The molecule has 0 bridgehead atoms. The number of hydrogen-bond donors (Lipinski definition) is 0. The second kappa shape index (κ2) is 6.36. The first kappa shape index (κ1) is 15.9. The Hall–Kier alpha value is -1.11. The highest BCUT2D eigenvalue weighted by Gasteiger charge is 2.30. The minimum atomic E-state index is -4.28. The largest absolute Gasteiger partial charge is 1.00 e. The van der Waals surface area contributed by atoms with E-state index in [4.69, 9.17) is 0 Å². The van der Waals surface area contributed by atoms with Crippen molar-refractivity contribution < 1.29 is 41.7 Å². The Labute approximate surface area is 127 Å². The first-order valence-electron chi connectivity index (χ1n) is 5.68. The number of rotatable bonds is 2. The number of aromatic nitrogens is 1. The molecule has 102 valence electrons. The second-order valence-electron chi connectivity index (χ2n) is 3.95. The summed E-state index contributed by atoms with van der Waals surface area (Å²) in [5, 5.41) is 0. The van der Waals surface area contributed by atoms with Crippen molar-refractivity contribution in [1.82, 2.24) is 0 Å². The van der Waals surface area contributed by atoms with Crippen LogP contribution in [0.4, 0.5) is 13.2 Å². The van der Waals surface area contributed by atoms with Gasteiger partial charge in [-0.05, 0) is 37.3 Å². The monoisotopic (exact) mass is 379 g/mol. The lowest BCUT2D eigenvalue weighted by Gasteiger charge is -2.07. The summed E-state index contributed by atoms with van der Waals surface area (Å²) in [5.41, 5.74) is 1.07. The van der Waals surface area contributed by atoms with Crippen LogP contribution in [0.1, 0.15) is 12.5 Å². The van der Waals surface area contributed by atoms with Crippen LogP contribution in [0, 0.1) is 0 Å². The Balaban J connectivity index is 0.00000180. The van der Waals surface area contributed by atoms with Crippen molar-refractivity contribution in [2.45, 2.75) is 19.6 Å². The summed E-state index contributed by atoms with van der Waals surface area (Å²) in [7, 11) is 0. The SMILES string of the molecule is CC[n+]1ccccc1-c1ccc(C(F)(F)F)cc1.[I-]. The zero-order chi connectivity index (χ0) is 13.2. The number of benzene rings is 1. The molecule has 2 aromatic rings. The van der Waals surface area contributed by atoms with Crippen molar-refractivity contribution in [1.29, 1.82) is 0 Å². The van der Waals surface area contributed by atoms with E-state index in [0.717, 1.165) is 29.9 Å². The molecule has 0 N–H and O–H groups in total. The molecule has 1 heterocycles. The maximum absolute atomic E-state index is 12.5. The zero-order valence-corrected chi connectivity index (χ0v) is 12.4. The Morgan fingerprint density at radius 2 is 1.63 bits per heavy atom. The van der Waals surface area contributed by atoms with Crippen molar-refractivity contribution >= 4 is 0 Å². The van der Waals surface area contributed by atoms with Crippen LogP contribution in [-0.2, 0) is 12.7 Å². The van der Waals surface area contributed by atoms with Crippen molar-refractivity contribution in [3.05, 3.63) is 54.2 Å². The van der Waals surface area contributed by atoms with Crippen molar-refractivity contribution in [3.8, 4) is 11.3 Å². The summed E-state index contributed by atoms with van der Waals surface area (Å²) >= 11 is 0. The fourth-order valence-electron chi connectivity index (χ4n) is 1.84. The molecule has 0 radical (unpaired) electrons. The molecule has 0 amide bonds. The zero-order valence-electron chi connectivity index (χ0n) is 10.3. The van der Waals surface area contributed by atoms with Crippen LogP contribution >= 0.6 is 0 Å².